The molecule has 4 nitrogen and oxygen atoms in total. The van der Waals surface area contributed by atoms with Gasteiger partial charge in [-0.05, 0) is 75.3 Å². The molecule has 0 atom stereocenters. The van der Waals surface area contributed by atoms with Crippen LogP contribution in [0.3, 0.4) is 0 Å². The molecule has 0 radical (unpaired) electrons. The molecule has 0 unspecified atom stereocenters. The average molecular weight is 779 g/mol. The first kappa shape index (κ1) is 35.9. The van der Waals surface area contributed by atoms with Gasteiger partial charge in [-0.15, -0.1) is 0 Å². The molecule has 0 aliphatic carbocycles. The molecule has 9 aromatic carbocycles. The quantitative estimate of drug-likeness (QED) is 0.154. The van der Waals surface area contributed by atoms with Crippen molar-refractivity contribution >= 4 is 21.8 Å². The van der Waals surface area contributed by atoms with E-state index in [-0.39, 0.29) is 0 Å². The third kappa shape index (κ3) is 6.86. The Morgan fingerprint density at radius 1 is 0.262 bits per heavy atom. The Kier molecular flexibility index (Phi) is 9.14. The summed E-state index contributed by atoms with van der Waals surface area (Å²) in [5.74, 6) is 1.93. The molecule has 61 heavy (non-hydrogen) atoms. The maximum absolute atomic E-state index is 4.97. The van der Waals surface area contributed by atoms with Gasteiger partial charge in [0.2, 0.25) is 0 Å². The van der Waals surface area contributed by atoms with Crippen LogP contribution in [0.1, 0.15) is 0 Å². The minimum atomic E-state index is 0.636. The normalized spacial score (nSPS) is 11.3. The molecule has 11 aromatic rings. The van der Waals surface area contributed by atoms with Gasteiger partial charge >= 0.3 is 0 Å². The molecule has 11 rings (SSSR count). The number of hydrogen-bond acceptors (Lipinski definition) is 3. The Bertz CT molecular complexity index is 3250. The van der Waals surface area contributed by atoms with Crippen molar-refractivity contribution in [1.29, 1.82) is 0 Å². The molecule has 2 heterocycles. The number of rotatable bonds is 8. The van der Waals surface area contributed by atoms with Crippen molar-refractivity contribution in [3.05, 3.63) is 231 Å². The number of aromatic nitrogens is 4. The van der Waals surface area contributed by atoms with Crippen LogP contribution in [0, 0.1) is 0 Å². The van der Waals surface area contributed by atoms with Crippen LogP contribution in [0.25, 0.3) is 106 Å². The molecule has 0 aliphatic rings. The number of benzene rings is 9. The zero-order valence-electron chi connectivity index (χ0n) is 33.2. The standard InChI is InChI=1S/C57H38N4/c1-6-17-39(18-7-1)47-33-34-53-51(36-47)52-38-48(40-19-8-2-9-20-40)37-50(42-21-10-3-11-22-42)54(52)61(53)49-28-16-27-46(35-49)41-29-31-45(32-30-41)57-59-55(43-23-12-4-13-24-43)58-56(60-57)44-25-14-5-15-26-44/h1-38H. The van der Waals surface area contributed by atoms with Gasteiger partial charge in [-0.25, -0.2) is 15.0 Å². The van der Waals surface area contributed by atoms with E-state index in [9.17, 15) is 0 Å². The highest BCUT2D eigenvalue weighted by Gasteiger charge is 2.20. The molecule has 0 fully saturated rings. The topological polar surface area (TPSA) is 43.6 Å². The average Bonchev–Trinajstić information content (AvgIpc) is 3.68. The fourth-order valence-corrected chi connectivity index (χ4v) is 8.44. The maximum Gasteiger partial charge on any atom is 0.164 e. The fraction of sp³-hybridized carbons (Fsp3) is 0. The summed E-state index contributed by atoms with van der Waals surface area (Å²) in [4.78, 5) is 14.8. The summed E-state index contributed by atoms with van der Waals surface area (Å²) in [6.45, 7) is 0. The molecule has 286 valence electrons. The summed E-state index contributed by atoms with van der Waals surface area (Å²) >= 11 is 0. The number of hydrogen-bond donors (Lipinski definition) is 0. The SMILES string of the molecule is c1ccc(-c2ccc3c(c2)c2cc(-c4ccccc4)cc(-c4ccccc4)c2n3-c2cccc(-c3ccc(-c4nc(-c5ccccc5)nc(-c5ccccc5)n4)cc3)c2)cc1. The Morgan fingerprint density at radius 3 is 1.21 bits per heavy atom. The minimum Gasteiger partial charge on any atom is -0.309 e. The molecule has 0 spiro atoms. The van der Waals surface area contributed by atoms with E-state index >= 15 is 0 Å². The van der Waals surface area contributed by atoms with Crippen LogP contribution in [0.4, 0.5) is 0 Å². The first-order chi connectivity index (χ1) is 30.2. The van der Waals surface area contributed by atoms with E-state index in [2.05, 4.69) is 174 Å². The third-order valence-electron chi connectivity index (χ3n) is 11.4. The Morgan fingerprint density at radius 2 is 0.656 bits per heavy atom. The number of nitrogens with zero attached hydrogens (tertiary/aromatic N) is 4. The second kappa shape index (κ2) is 15.5. The lowest BCUT2D eigenvalue weighted by Gasteiger charge is -2.15. The summed E-state index contributed by atoms with van der Waals surface area (Å²) in [6, 6.07) is 81.4. The van der Waals surface area contributed by atoms with E-state index in [4.69, 9.17) is 15.0 Å². The lowest BCUT2D eigenvalue weighted by atomic mass is 9.95. The molecule has 0 N–H and O–H groups in total. The Labute approximate surface area is 354 Å². The van der Waals surface area contributed by atoms with Gasteiger partial charge in [0.05, 0.1) is 11.0 Å². The Hall–Kier alpha value is -8.21. The van der Waals surface area contributed by atoms with Gasteiger partial charge in [-0.1, -0.05) is 194 Å². The fourth-order valence-electron chi connectivity index (χ4n) is 8.44. The molecular formula is C57H38N4. The lowest BCUT2D eigenvalue weighted by molar-refractivity contribution is 1.07. The van der Waals surface area contributed by atoms with E-state index in [1.165, 1.54) is 49.7 Å². The van der Waals surface area contributed by atoms with Gasteiger partial charge in [0.15, 0.2) is 17.5 Å². The maximum atomic E-state index is 4.97. The van der Waals surface area contributed by atoms with E-state index in [0.717, 1.165) is 39.0 Å². The van der Waals surface area contributed by atoms with E-state index < -0.39 is 0 Å². The van der Waals surface area contributed by atoms with E-state index in [1.54, 1.807) is 0 Å². The molecule has 0 aliphatic heterocycles. The highest BCUT2D eigenvalue weighted by atomic mass is 15.0. The van der Waals surface area contributed by atoms with Gasteiger partial charge in [-0.2, -0.15) is 0 Å². The molecule has 0 amide bonds. The van der Waals surface area contributed by atoms with Crippen molar-refractivity contribution in [3.63, 3.8) is 0 Å². The summed E-state index contributed by atoms with van der Waals surface area (Å²) in [6.07, 6.45) is 0. The van der Waals surface area contributed by atoms with E-state index in [0.29, 0.717) is 17.5 Å². The van der Waals surface area contributed by atoms with Gasteiger partial charge in [-0.3, -0.25) is 0 Å². The molecule has 0 saturated carbocycles. The zero-order valence-corrected chi connectivity index (χ0v) is 33.2. The van der Waals surface area contributed by atoms with Gasteiger partial charge < -0.3 is 4.57 Å². The van der Waals surface area contributed by atoms with Crippen LogP contribution in [0.15, 0.2) is 231 Å². The van der Waals surface area contributed by atoms with E-state index in [1.807, 2.05) is 60.7 Å². The van der Waals surface area contributed by atoms with Crippen molar-refractivity contribution in [2.45, 2.75) is 0 Å². The van der Waals surface area contributed by atoms with Crippen LogP contribution >= 0.6 is 0 Å². The van der Waals surface area contributed by atoms with Gasteiger partial charge in [0.1, 0.15) is 0 Å². The van der Waals surface area contributed by atoms with Crippen LogP contribution in [0.5, 0.6) is 0 Å². The van der Waals surface area contributed by atoms with Crippen LogP contribution in [0.2, 0.25) is 0 Å². The van der Waals surface area contributed by atoms with Crippen molar-refractivity contribution in [2.24, 2.45) is 0 Å². The van der Waals surface area contributed by atoms with Crippen molar-refractivity contribution in [3.8, 4) is 84.4 Å². The first-order valence-corrected chi connectivity index (χ1v) is 20.6. The van der Waals surface area contributed by atoms with Crippen LogP contribution in [-0.2, 0) is 0 Å². The van der Waals surface area contributed by atoms with Crippen molar-refractivity contribution in [1.82, 2.24) is 19.5 Å². The Balaban J connectivity index is 1.06. The molecule has 0 saturated heterocycles. The predicted octanol–water partition coefficient (Wildman–Crippen LogP) is 14.6. The minimum absolute atomic E-state index is 0.636. The van der Waals surface area contributed by atoms with Gasteiger partial charge in [0.25, 0.3) is 0 Å². The zero-order chi connectivity index (χ0) is 40.5. The van der Waals surface area contributed by atoms with Gasteiger partial charge in [0, 0.05) is 38.7 Å². The largest absolute Gasteiger partial charge is 0.309 e. The van der Waals surface area contributed by atoms with Crippen LogP contribution in [-0.4, -0.2) is 19.5 Å². The van der Waals surface area contributed by atoms with Crippen molar-refractivity contribution < 1.29 is 0 Å². The second-order valence-electron chi connectivity index (χ2n) is 15.3. The number of fused-ring (bicyclic) bond motifs is 3. The first-order valence-electron chi connectivity index (χ1n) is 20.6. The summed E-state index contributed by atoms with van der Waals surface area (Å²) in [5.41, 5.74) is 15.6. The highest BCUT2D eigenvalue weighted by molar-refractivity contribution is 6.16. The smallest absolute Gasteiger partial charge is 0.164 e. The predicted molar refractivity (Wildman–Crippen MR) is 252 cm³/mol. The molecular weight excluding hydrogens is 741 g/mol. The van der Waals surface area contributed by atoms with Crippen LogP contribution < -0.4 is 0 Å². The summed E-state index contributed by atoms with van der Waals surface area (Å²) in [7, 11) is 0. The third-order valence-corrected chi connectivity index (χ3v) is 11.4. The monoisotopic (exact) mass is 778 g/mol. The second-order valence-corrected chi connectivity index (χ2v) is 15.3. The molecule has 4 heteroatoms. The lowest BCUT2D eigenvalue weighted by Crippen LogP contribution is -2.00. The van der Waals surface area contributed by atoms with Crippen molar-refractivity contribution in [2.75, 3.05) is 0 Å². The summed E-state index contributed by atoms with van der Waals surface area (Å²) < 4.78 is 2.45. The highest BCUT2D eigenvalue weighted by Crippen LogP contribution is 2.43. The molecule has 0 bridgehead atoms. The molecule has 2 aromatic heterocycles. The summed E-state index contributed by atoms with van der Waals surface area (Å²) in [5, 5.41) is 2.42.